The molecule has 1 aromatic heterocycles. The van der Waals surface area contributed by atoms with Gasteiger partial charge in [-0.25, -0.2) is 9.95 Å². The van der Waals surface area contributed by atoms with Gasteiger partial charge in [-0.15, -0.1) is 0 Å². The predicted molar refractivity (Wildman–Crippen MR) is 30.1 cm³/mol. The van der Waals surface area contributed by atoms with Crippen molar-refractivity contribution in [2.75, 3.05) is 0 Å². The summed E-state index contributed by atoms with van der Waals surface area (Å²) < 4.78 is 38.5. The number of hydrogen-bond acceptors (Lipinski definition) is 2. The zero-order valence-electron chi connectivity index (χ0n) is 5.53. The molecule has 11 heavy (non-hydrogen) atoms. The Labute approximate surface area is 80.8 Å². The van der Waals surface area contributed by atoms with Crippen LogP contribution in [0.3, 0.4) is 0 Å². The summed E-state index contributed by atoms with van der Waals surface area (Å²) in [7, 11) is 0. The first-order valence-electron chi connectivity index (χ1n) is 2.26. The SMILES string of the molecule is O=c1cc(C(F)(F)F)[nH]o1.[Na]. The summed E-state index contributed by atoms with van der Waals surface area (Å²) in [5.74, 6) is 0. The molecule has 3 nitrogen and oxygen atoms in total. The van der Waals surface area contributed by atoms with Gasteiger partial charge in [-0.05, 0) is 0 Å². The third-order valence-electron chi connectivity index (χ3n) is 0.829. The Morgan fingerprint density at radius 3 is 2.18 bits per heavy atom. The molecule has 0 aliphatic heterocycles. The molecule has 7 heteroatoms. The summed E-state index contributed by atoms with van der Waals surface area (Å²) >= 11 is 0. The average molecular weight is 176 g/mol. The molecular weight excluding hydrogens is 174 g/mol. The van der Waals surface area contributed by atoms with Gasteiger partial charge in [0, 0.05) is 29.6 Å². The van der Waals surface area contributed by atoms with E-state index in [4.69, 9.17) is 0 Å². The maximum Gasteiger partial charge on any atom is 0.434 e. The second kappa shape index (κ2) is 3.46. The fraction of sp³-hybridized carbons (Fsp3) is 0.250. The Balaban J connectivity index is 0.000001000. The minimum atomic E-state index is -4.54. The van der Waals surface area contributed by atoms with E-state index in [9.17, 15) is 18.0 Å². The molecule has 0 atom stereocenters. The first-order valence-corrected chi connectivity index (χ1v) is 2.26. The Morgan fingerprint density at radius 1 is 1.45 bits per heavy atom. The van der Waals surface area contributed by atoms with Crippen LogP contribution in [-0.2, 0) is 6.18 Å². The molecule has 1 aromatic rings. The van der Waals surface area contributed by atoms with Gasteiger partial charge < -0.3 is 4.52 Å². The predicted octanol–water partition coefficient (Wildman–Crippen LogP) is 0.606. The van der Waals surface area contributed by atoms with Crippen molar-refractivity contribution in [1.82, 2.24) is 5.16 Å². The van der Waals surface area contributed by atoms with E-state index in [1.54, 1.807) is 0 Å². The average Bonchev–Trinajstić information content (AvgIpc) is 2.11. The first kappa shape index (κ1) is 10.8. The minimum absolute atomic E-state index is 0. The van der Waals surface area contributed by atoms with Crippen molar-refractivity contribution in [3.05, 3.63) is 22.2 Å². The van der Waals surface area contributed by atoms with E-state index in [0.29, 0.717) is 6.07 Å². The van der Waals surface area contributed by atoms with Crippen LogP contribution < -0.4 is 5.63 Å². The number of aromatic nitrogens is 1. The van der Waals surface area contributed by atoms with E-state index < -0.39 is 17.5 Å². The van der Waals surface area contributed by atoms with E-state index in [1.165, 1.54) is 5.16 Å². The molecule has 1 heterocycles. The molecule has 0 fully saturated rings. The van der Waals surface area contributed by atoms with Crippen molar-refractivity contribution in [1.29, 1.82) is 0 Å². The molecule has 0 aliphatic carbocycles. The van der Waals surface area contributed by atoms with Crippen LogP contribution in [0.1, 0.15) is 5.69 Å². The van der Waals surface area contributed by atoms with Crippen molar-refractivity contribution in [2.45, 2.75) is 6.18 Å². The van der Waals surface area contributed by atoms with Crippen molar-refractivity contribution < 1.29 is 17.7 Å². The topological polar surface area (TPSA) is 46.0 Å². The van der Waals surface area contributed by atoms with E-state index >= 15 is 0 Å². The largest absolute Gasteiger partial charge is 0.434 e. The Morgan fingerprint density at radius 2 is 2.00 bits per heavy atom. The van der Waals surface area contributed by atoms with Crippen LogP contribution in [0.4, 0.5) is 13.2 Å². The van der Waals surface area contributed by atoms with Crippen LogP contribution in [0.5, 0.6) is 0 Å². The number of halogens is 3. The number of alkyl halides is 3. The van der Waals surface area contributed by atoms with Gasteiger partial charge in [-0.2, -0.15) is 13.2 Å². The molecule has 0 spiro atoms. The second-order valence-corrected chi connectivity index (χ2v) is 1.58. The molecule has 0 aliphatic rings. The molecule has 1 radical (unpaired) electrons. The molecule has 0 aromatic carbocycles. The van der Waals surface area contributed by atoms with Crippen molar-refractivity contribution in [2.24, 2.45) is 0 Å². The van der Waals surface area contributed by atoms with Crippen LogP contribution in [0.15, 0.2) is 15.4 Å². The Hall–Kier alpha value is -0.200. The zero-order valence-corrected chi connectivity index (χ0v) is 7.53. The first-order chi connectivity index (χ1) is 4.50. The van der Waals surface area contributed by atoms with Gasteiger partial charge in [-0.3, -0.25) is 0 Å². The number of H-pyrrole nitrogens is 1. The van der Waals surface area contributed by atoms with E-state index in [-0.39, 0.29) is 29.6 Å². The number of nitrogens with one attached hydrogen (secondary N) is 1. The monoisotopic (exact) mass is 176 g/mol. The van der Waals surface area contributed by atoms with Gasteiger partial charge in [0.1, 0.15) is 0 Å². The summed E-state index contributed by atoms with van der Waals surface area (Å²) in [6.07, 6.45) is -4.54. The van der Waals surface area contributed by atoms with Crippen LogP contribution in [0, 0.1) is 0 Å². The fourth-order valence-electron chi connectivity index (χ4n) is 0.422. The van der Waals surface area contributed by atoms with Crippen molar-refractivity contribution in [3.63, 3.8) is 0 Å². The molecular formula is C4H2F3NNaO2. The van der Waals surface area contributed by atoms with Gasteiger partial charge in [0.15, 0.2) is 5.69 Å². The molecule has 0 unspecified atom stereocenters. The Bertz CT molecular complexity index is 275. The standard InChI is InChI=1S/C4H2F3NO2.Na/c5-4(6,7)2-1-3(9)10-8-2;/h1,8H;. The van der Waals surface area contributed by atoms with Crippen molar-refractivity contribution >= 4 is 29.6 Å². The van der Waals surface area contributed by atoms with Crippen molar-refractivity contribution in [3.8, 4) is 0 Å². The minimum Gasteiger partial charge on any atom is -0.339 e. The quantitative estimate of drug-likeness (QED) is 0.588. The normalized spacial score (nSPS) is 10.8. The zero-order chi connectivity index (χ0) is 7.78. The van der Waals surface area contributed by atoms with Gasteiger partial charge in [-0.1, -0.05) is 0 Å². The molecule has 0 saturated heterocycles. The summed E-state index contributed by atoms with van der Waals surface area (Å²) in [6.45, 7) is 0. The maximum absolute atomic E-state index is 11.6. The molecule has 1 rings (SSSR count). The van der Waals surface area contributed by atoms with Gasteiger partial charge in [0.05, 0.1) is 6.07 Å². The molecule has 0 saturated carbocycles. The van der Waals surface area contributed by atoms with Crippen LogP contribution >= 0.6 is 0 Å². The summed E-state index contributed by atoms with van der Waals surface area (Å²) in [4.78, 5) is 10.0. The summed E-state index contributed by atoms with van der Waals surface area (Å²) in [6, 6.07) is 0.347. The van der Waals surface area contributed by atoms with Crippen LogP contribution in [0.2, 0.25) is 0 Å². The summed E-state index contributed by atoms with van der Waals surface area (Å²) in [5, 5.41) is 1.43. The fourth-order valence-corrected chi connectivity index (χ4v) is 0.422. The molecule has 0 bridgehead atoms. The Kier molecular flexibility index (Phi) is 3.40. The van der Waals surface area contributed by atoms with E-state index in [0.717, 1.165) is 0 Å². The number of rotatable bonds is 0. The van der Waals surface area contributed by atoms with Crippen LogP contribution in [0.25, 0.3) is 0 Å². The van der Waals surface area contributed by atoms with Gasteiger partial charge in [0.25, 0.3) is 0 Å². The smallest absolute Gasteiger partial charge is 0.339 e. The molecule has 57 valence electrons. The van der Waals surface area contributed by atoms with Crippen LogP contribution in [-0.4, -0.2) is 34.7 Å². The molecule has 1 N–H and O–H groups in total. The van der Waals surface area contributed by atoms with E-state index in [2.05, 4.69) is 4.52 Å². The number of aromatic amines is 1. The number of hydrogen-bond donors (Lipinski definition) is 1. The van der Waals surface area contributed by atoms with Gasteiger partial charge in [0.2, 0.25) is 0 Å². The maximum atomic E-state index is 11.6. The third kappa shape index (κ3) is 2.72. The molecule has 0 amide bonds. The van der Waals surface area contributed by atoms with E-state index in [1.807, 2.05) is 0 Å². The summed E-state index contributed by atoms with van der Waals surface area (Å²) in [5.41, 5.74) is -2.20. The van der Waals surface area contributed by atoms with Gasteiger partial charge >= 0.3 is 11.8 Å². The second-order valence-electron chi connectivity index (χ2n) is 1.58. The third-order valence-corrected chi connectivity index (χ3v) is 0.829.